The zero-order valence-electron chi connectivity index (χ0n) is 37.3. The summed E-state index contributed by atoms with van der Waals surface area (Å²) in [5.41, 5.74) is 0.432. The Hall–Kier alpha value is -7.45. The van der Waals surface area contributed by atoms with Crippen molar-refractivity contribution < 1.29 is 96.4 Å². The monoisotopic (exact) mass is 1050 g/mol. The fourth-order valence-electron chi connectivity index (χ4n) is 7.34. The summed E-state index contributed by atoms with van der Waals surface area (Å²) < 4.78 is 164. The molecule has 0 spiro atoms. The number of carbonyl (C=O) groups is 6. The van der Waals surface area contributed by atoms with Crippen LogP contribution >= 0.6 is 11.8 Å². The van der Waals surface area contributed by atoms with E-state index in [-0.39, 0.29) is 58.8 Å². The Labute approximate surface area is 404 Å². The summed E-state index contributed by atoms with van der Waals surface area (Å²) in [5, 5.41) is 12.7. The number of unbranched alkanes of at least 4 members (excludes halogenated alkanes) is 1. The number of esters is 2. The lowest BCUT2D eigenvalue weighted by Crippen LogP contribution is -2.49. The maximum atomic E-state index is 14.5. The number of thioether (sulfide) groups is 1. The molecule has 72 heavy (non-hydrogen) atoms. The van der Waals surface area contributed by atoms with Crippen LogP contribution in [-0.4, -0.2) is 92.2 Å². The SMILES string of the molecule is COc1ccc(C(NC(=O)C(CC(=O)Oc2c(F)c(F)c(F)c(F)c2F)NC(=O)CCCC[C@@H]2SCC3NC(=O)NC32)c2ccc(OCC(=O)NCC(=O)Oc3c(F)c(F)c(F)c(F)c3F)cc2)c(OC)c1. The van der Waals surface area contributed by atoms with Crippen LogP contribution in [0.4, 0.5) is 48.7 Å². The van der Waals surface area contributed by atoms with E-state index >= 15 is 0 Å². The standard InChI is InChI=1S/C45H39F10N5O11S/c1-67-20-11-12-21(24(13-20)68-2)40(18-7-9-19(10-8-18)69-16-27(62)56-15-29(64)71-43-38(54)34(50)31(47)35(51)39(43)55)59-44(65)22(14-28(63)70-42-36(52)32(48)30(46)33(49)37(42)53)57-26(61)6-4-3-5-25-41-23(17-72-25)58-45(66)60-41/h7-13,22-23,25,40-41H,3-6,14-17H2,1-2H3,(H,56,62)(H,57,61)(H,59,65)(H2,58,60,66)/t22?,23?,25-,40?,41?/m0/s1. The Morgan fingerprint density at radius 3 is 1.83 bits per heavy atom. The molecule has 2 aliphatic rings. The van der Waals surface area contributed by atoms with E-state index in [2.05, 4.69) is 30.7 Å². The second-order valence-electron chi connectivity index (χ2n) is 15.6. The van der Waals surface area contributed by atoms with Crippen LogP contribution in [0.1, 0.15) is 49.3 Å². The van der Waals surface area contributed by atoms with Crippen molar-refractivity contribution in [3.63, 3.8) is 0 Å². The molecule has 2 aliphatic heterocycles. The molecule has 5 amide bonds. The van der Waals surface area contributed by atoms with Crippen molar-refractivity contribution in [1.29, 1.82) is 0 Å². The van der Waals surface area contributed by atoms with E-state index in [1.807, 2.05) is 5.32 Å². The molecule has 6 rings (SSSR count). The Bertz CT molecular complexity index is 2700. The predicted molar refractivity (Wildman–Crippen MR) is 229 cm³/mol. The lowest BCUT2D eigenvalue weighted by atomic mass is 9.96. The molecule has 386 valence electrons. The predicted octanol–water partition coefficient (Wildman–Crippen LogP) is 5.61. The molecular weight excluding hydrogens is 1010 g/mol. The fraction of sp³-hybridized carbons (Fsp3) is 0.333. The van der Waals surface area contributed by atoms with E-state index < -0.39 is 131 Å². The molecular formula is C45H39F10N5O11S. The largest absolute Gasteiger partial charge is 0.497 e. The second-order valence-corrected chi connectivity index (χ2v) is 16.9. The van der Waals surface area contributed by atoms with E-state index in [1.54, 1.807) is 11.8 Å². The molecule has 5 N–H and O–H groups in total. The number of rotatable bonds is 21. The molecule has 2 heterocycles. The van der Waals surface area contributed by atoms with Crippen molar-refractivity contribution in [2.24, 2.45) is 0 Å². The Morgan fingerprint density at radius 2 is 1.25 bits per heavy atom. The lowest BCUT2D eigenvalue weighted by molar-refractivity contribution is -0.139. The average Bonchev–Trinajstić information content (AvgIpc) is 3.94. The van der Waals surface area contributed by atoms with E-state index in [1.165, 1.54) is 56.7 Å². The van der Waals surface area contributed by atoms with Crippen molar-refractivity contribution in [2.45, 2.75) is 61.5 Å². The third-order valence-electron chi connectivity index (χ3n) is 10.9. The topological polar surface area (TPSA) is 209 Å². The number of carbonyl (C=O) groups excluding carboxylic acids is 6. The zero-order chi connectivity index (χ0) is 52.6. The molecule has 4 aromatic rings. The quantitative estimate of drug-likeness (QED) is 0.0131. The van der Waals surface area contributed by atoms with Gasteiger partial charge in [-0.15, -0.1) is 0 Å². The van der Waals surface area contributed by atoms with Gasteiger partial charge in [0, 0.05) is 29.1 Å². The van der Waals surface area contributed by atoms with Gasteiger partial charge in [0.1, 0.15) is 29.8 Å². The van der Waals surface area contributed by atoms with Crippen molar-refractivity contribution in [1.82, 2.24) is 26.6 Å². The minimum atomic E-state index is -2.53. The summed E-state index contributed by atoms with van der Waals surface area (Å²) >= 11 is 1.64. The highest BCUT2D eigenvalue weighted by molar-refractivity contribution is 8.00. The number of urea groups is 1. The highest BCUT2D eigenvalue weighted by atomic mass is 32.2. The molecule has 0 saturated carbocycles. The second kappa shape index (κ2) is 23.6. The lowest BCUT2D eigenvalue weighted by Gasteiger charge is -2.25. The van der Waals surface area contributed by atoms with E-state index in [0.29, 0.717) is 24.3 Å². The van der Waals surface area contributed by atoms with Crippen LogP contribution < -0.4 is 50.3 Å². The molecule has 0 bridgehead atoms. The molecule has 5 atom stereocenters. The van der Waals surface area contributed by atoms with Crippen molar-refractivity contribution in [3.8, 4) is 28.7 Å². The van der Waals surface area contributed by atoms with Gasteiger partial charge in [-0.2, -0.15) is 29.3 Å². The van der Waals surface area contributed by atoms with Gasteiger partial charge in [0.15, 0.2) is 6.61 Å². The number of hydrogen-bond acceptors (Lipinski definition) is 12. The summed E-state index contributed by atoms with van der Waals surface area (Å²) in [5.74, 6) is -33.5. The number of methoxy groups -OCH3 is 2. The van der Waals surface area contributed by atoms with Gasteiger partial charge in [-0.25, -0.2) is 35.9 Å². The number of fused-ring (bicyclic) bond motifs is 1. The van der Waals surface area contributed by atoms with Gasteiger partial charge < -0.3 is 50.3 Å². The highest BCUT2D eigenvalue weighted by Gasteiger charge is 2.42. The number of nitrogens with one attached hydrogen (secondary N) is 5. The van der Waals surface area contributed by atoms with Gasteiger partial charge in [0.2, 0.25) is 81.5 Å². The number of halogens is 10. The van der Waals surface area contributed by atoms with Gasteiger partial charge >= 0.3 is 18.0 Å². The van der Waals surface area contributed by atoms with E-state index in [9.17, 15) is 72.7 Å². The highest BCUT2D eigenvalue weighted by Crippen LogP contribution is 2.36. The molecule has 4 unspecified atom stereocenters. The molecule has 0 aliphatic carbocycles. The van der Waals surface area contributed by atoms with Crippen LogP contribution in [0, 0.1) is 58.2 Å². The first-order valence-electron chi connectivity index (χ1n) is 21.2. The first kappa shape index (κ1) is 53.9. The molecule has 2 saturated heterocycles. The average molecular weight is 1050 g/mol. The van der Waals surface area contributed by atoms with Crippen LogP contribution in [0.3, 0.4) is 0 Å². The number of hydrogen-bond donors (Lipinski definition) is 5. The third kappa shape index (κ3) is 12.5. The number of benzene rings is 4. The van der Waals surface area contributed by atoms with Crippen LogP contribution in [0.25, 0.3) is 0 Å². The molecule has 0 radical (unpaired) electrons. The molecule has 0 aromatic heterocycles. The number of ether oxygens (including phenoxy) is 5. The summed E-state index contributed by atoms with van der Waals surface area (Å²) in [7, 11) is 2.63. The van der Waals surface area contributed by atoms with Crippen LogP contribution in [0.15, 0.2) is 42.5 Å². The summed E-state index contributed by atoms with van der Waals surface area (Å²) in [6.07, 6.45) is -0.105. The molecule has 16 nitrogen and oxygen atoms in total. The normalized spacial score (nSPS) is 16.6. The summed E-state index contributed by atoms with van der Waals surface area (Å²) in [4.78, 5) is 77.1. The Morgan fingerprint density at radius 1 is 0.681 bits per heavy atom. The molecule has 4 aromatic carbocycles. The van der Waals surface area contributed by atoms with Crippen LogP contribution in [0.5, 0.6) is 28.7 Å². The van der Waals surface area contributed by atoms with Gasteiger partial charge in [-0.1, -0.05) is 18.6 Å². The Kier molecular flexibility index (Phi) is 17.7. The van der Waals surface area contributed by atoms with Crippen molar-refractivity contribution in [3.05, 3.63) is 112 Å². The van der Waals surface area contributed by atoms with E-state index in [4.69, 9.17) is 14.2 Å². The molecule has 27 heteroatoms. The maximum Gasteiger partial charge on any atom is 0.331 e. The first-order valence-corrected chi connectivity index (χ1v) is 22.2. The van der Waals surface area contributed by atoms with Crippen LogP contribution in [-0.2, 0) is 24.0 Å². The molecule has 2 fully saturated rings. The van der Waals surface area contributed by atoms with Gasteiger partial charge in [0.05, 0.1) is 38.8 Å². The fourth-order valence-corrected chi connectivity index (χ4v) is 8.88. The number of amides is 5. The zero-order valence-corrected chi connectivity index (χ0v) is 38.1. The minimum absolute atomic E-state index is 0.0262. The summed E-state index contributed by atoms with van der Waals surface area (Å²) in [6, 6.07) is 6.04. The van der Waals surface area contributed by atoms with Crippen LogP contribution in [0.2, 0.25) is 0 Å². The van der Waals surface area contributed by atoms with Crippen molar-refractivity contribution in [2.75, 3.05) is 33.1 Å². The summed E-state index contributed by atoms with van der Waals surface area (Å²) in [6.45, 7) is -1.93. The van der Waals surface area contributed by atoms with Crippen molar-refractivity contribution >= 4 is 47.5 Å². The smallest absolute Gasteiger partial charge is 0.331 e. The maximum absolute atomic E-state index is 14.5. The minimum Gasteiger partial charge on any atom is -0.497 e. The van der Waals surface area contributed by atoms with Gasteiger partial charge in [-0.05, 0) is 42.7 Å². The first-order chi connectivity index (χ1) is 34.2. The van der Waals surface area contributed by atoms with Gasteiger partial charge in [0.25, 0.3) is 5.91 Å². The van der Waals surface area contributed by atoms with E-state index in [0.717, 1.165) is 0 Å². The van der Waals surface area contributed by atoms with Gasteiger partial charge in [-0.3, -0.25) is 19.2 Å². The third-order valence-corrected chi connectivity index (χ3v) is 12.4. The Balaban J connectivity index is 1.17.